The molecular weight excluding hydrogens is 926 g/mol. The van der Waals surface area contributed by atoms with Gasteiger partial charge in [0.05, 0.1) is 32.8 Å². The highest BCUT2D eigenvalue weighted by molar-refractivity contribution is 7.13. The van der Waals surface area contributed by atoms with Crippen LogP contribution in [0.25, 0.3) is 10.4 Å². The molecule has 1 saturated heterocycles. The van der Waals surface area contributed by atoms with Crippen molar-refractivity contribution in [2.24, 2.45) is 16.2 Å². The van der Waals surface area contributed by atoms with E-state index in [9.17, 15) is 34.3 Å². The summed E-state index contributed by atoms with van der Waals surface area (Å²) in [5, 5.41) is 29.3. The summed E-state index contributed by atoms with van der Waals surface area (Å²) in [5.41, 5.74) is 5.52. The molecule has 1 aromatic heterocycles. The number of likely N-dealkylation sites (tertiary alicyclic amines) is 1. The number of halogens is 1. The molecule has 3 aliphatic rings. The minimum absolute atomic E-state index is 0.00547. The number of fused-ring (bicyclic) bond motifs is 1. The number of nitrogens with one attached hydrogen (secondary N) is 3. The molecule has 0 radical (unpaired) electrons. The number of unbranched alkanes of at least 4 members (excludes halogenated alkanes) is 4. The van der Waals surface area contributed by atoms with Crippen molar-refractivity contribution in [3.05, 3.63) is 105 Å². The molecule has 7 rings (SSSR count). The highest BCUT2D eigenvalue weighted by Crippen LogP contribution is 2.55. The first kappa shape index (κ1) is 52.0. The highest BCUT2D eigenvalue weighted by atomic mass is 35.5. The van der Waals surface area contributed by atoms with Gasteiger partial charge in [0.1, 0.15) is 30.0 Å². The number of thiazole rings is 1. The van der Waals surface area contributed by atoms with E-state index in [1.165, 1.54) is 4.90 Å². The largest absolute Gasteiger partial charge is 0.489 e. The number of hydrogen-bond donors (Lipinski definition) is 4. The quantitative estimate of drug-likeness (QED) is 0.0709. The Balaban J connectivity index is 0.821. The monoisotopic (exact) mass is 991 g/mol. The van der Waals surface area contributed by atoms with Crippen molar-refractivity contribution in [3.63, 3.8) is 0 Å². The number of β-amino-alcohol motifs (C(OH)–C–C–N with tert-alkyl or cyclic N) is 1. The normalized spacial score (nSPS) is 20.5. The summed E-state index contributed by atoms with van der Waals surface area (Å²) < 4.78 is 6.38. The van der Waals surface area contributed by atoms with Crippen LogP contribution in [0.3, 0.4) is 0 Å². The Hall–Kier alpha value is -5.82. The second kappa shape index (κ2) is 21.3. The van der Waals surface area contributed by atoms with Crippen molar-refractivity contribution in [3.8, 4) is 22.3 Å². The van der Waals surface area contributed by atoms with Crippen LogP contribution >= 0.6 is 22.9 Å². The Morgan fingerprint density at radius 1 is 0.986 bits per heavy atom. The molecular formula is C54H66ClN7O7S. The topological polar surface area (TPSA) is 194 Å². The smallest absolute Gasteiger partial charge is 0.254 e. The zero-order valence-electron chi connectivity index (χ0n) is 41.5. The lowest BCUT2D eigenvalue weighted by atomic mass is 9.49. The minimum atomic E-state index is -0.895. The summed E-state index contributed by atoms with van der Waals surface area (Å²) in [5.74, 6) is -0.700. The van der Waals surface area contributed by atoms with Gasteiger partial charge in [0.2, 0.25) is 17.7 Å². The molecule has 16 heteroatoms. The molecule has 0 bridgehead atoms. The lowest BCUT2D eigenvalue weighted by Crippen LogP contribution is -2.74. The number of aliphatic hydroxyl groups is 1. The van der Waals surface area contributed by atoms with Crippen LogP contribution in [0.15, 0.2) is 66.2 Å². The van der Waals surface area contributed by atoms with E-state index in [4.69, 9.17) is 16.3 Å². The Kier molecular flexibility index (Phi) is 15.8. The number of aliphatic hydroxyl groups excluding tert-OH is 1. The number of nitrogens with zero attached hydrogens (tertiary/aromatic N) is 4. The fourth-order valence-electron chi connectivity index (χ4n) is 10.6. The summed E-state index contributed by atoms with van der Waals surface area (Å²) in [7, 11) is 0. The number of aryl methyl sites for hydroxylation is 1. The van der Waals surface area contributed by atoms with E-state index in [1.54, 1.807) is 41.7 Å². The van der Waals surface area contributed by atoms with Gasteiger partial charge in [-0.05, 0) is 72.2 Å². The number of carbonyl (C=O) groups excluding carboxylic acids is 5. The van der Waals surface area contributed by atoms with Gasteiger partial charge in [0.25, 0.3) is 11.8 Å². The number of carbonyl (C=O) groups is 5. The number of amides is 5. The Morgan fingerprint density at radius 2 is 1.69 bits per heavy atom. The van der Waals surface area contributed by atoms with Gasteiger partial charge in [-0.1, -0.05) is 104 Å². The van der Waals surface area contributed by atoms with E-state index in [0.717, 1.165) is 52.9 Å². The van der Waals surface area contributed by atoms with Gasteiger partial charge < -0.3 is 35.6 Å². The molecule has 2 aliphatic heterocycles. The van der Waals surface area contributed by atoms with Crippen LogP contribution < -0.4 is 20.7 Å². The Labute approximate surface area is 420 Å². The van der Waals surface area contributed by atoms with Crippen LogP contribution in [-0.4, -0.2) is 92.8 Å². The molecule has 14 nitrogen and oxygen atoms in total. The first-order valence-electron chi connectivity index (χ1n) is 24.2. The highest BCUT2D eigenvalue weighted by Gasteiger charge is 2.64. The molecule has 1 saturated carbocycles. The predicted molar refractivity (Wildman–Crippen MR) is 270 cm³/mol. The maximum absolute atomic E-state index is 14.1. The summed E-state index contributed by atoms with van der Waals surface area (Å²) in [4.78, 5) is 76.5. The zero-order chi connectivity index (χ0) is 50.7. The number of ether oxygens (including phenoxy) is 1. The molecule has 0 spiro atoms. The fraction of sp³-hybridized carbons (Fsp3) is 0.500. The van der Waals surface area contributed by atoms with E-state index in [0.29, 0.717) is 47.0 Å². The first-order chi connectivity index (χ1) is 33.1. The summed E-state index contributed by atoms with van der Waals surface area (Å²) >= 11 is 7.83. The van der Waals surface area contributed by atoms with Crippen LogP contribution in [-0.2, 0) is 27.5 Å². The maximum Gasteiger partial charge on any atom is 0.254 e. The van der Waals surface area contributed by atoms with Crippen molar-refractivity contribution in [1.29, 1.82) is 5.26 Å². The standard InChI is InChI=1S/C54H66ClN7O7S/c1-32-44(70-31-58-32)34-17-15-33(16-18-34)28-57-47(66)42-25-38(63)30-62(42)49(68)45(52(2,3)4)59-43(64)14-12-10-9-11-13-23-61-29-37-24-35(20-22-40(37)48(61)67)46(65)60-50-53(5,6)51(54(50,7)8)69-39-21-19-36(27-56)41(55)26-39/h15-22,24,26,31,38,42,45,50-51,63H,9-14,23,25,28-30H2,1-8H3,(H,57,66)(H,59,64)(H,60,65)/t38-,42+,45-,50?,51?/m1/s1. The van der Waals surface area contributed by atoms with E-state index >= 15 is 0 Å². The van der Waals surface area contributed by atoms with Crippen molar-refractivity contribution in [1.82, 2.24) is 30.7 Å². The van der Waals surface area contributed by atoms with Gasteiger partial charge in [0, 0.05) is 73.1 Å². The molecule has 4 aromatic rings. The SMILES string of the molecule is Cc1ncsc1-c1ccc(CNC(=O)[C@@H]2C[C@@H](O)CN2C(=O)[C@@H](NC(=O)CCCCCCCN2Cc3cc(C(=O)NC4C(C)(C)C(Oc5ccc(C#N)c(Cl)c5)C4(C)C)ccc3C2=O)C(C)(C)C)cc1. The molecule has 5 amide bonds. The molecule has 2 fully saturated rings. The van der Waals surface area contributed by atoms with E-state index in [2.05, 4.69) is 54.7 Å². The average molecular weight is 993 g/mol. The molecule has 3 aromatic carbocycles. The lowest BCUT2D eigenvalue weighted by molar-refractivity contribution is -0.164. The second-order valence-electron chi connectivity index (χ2n) is 21.4. The fourth-order valence-corrected chi connectivity index (χ4v) is 11.7. The number of rotatable bonds is 18. The third kappa shape index (κ3) is 11.4. The molecule has 3 atom stereocenters. The van der Waals surface area contributed by atoms with Crippen molar-refractivity contribution in [2.75, 3.05) is 13.1 Å². The van der Waals surface area contributed by atoms with E-state index < -0.39 is 40.3 Å². The molecule has 1 aliphatic carbocycles. The summed E-state index contributed by atoms with van der Waals surface area (Å²) in [6.07, 6.45) is 3.21. The van der Waals surface area contributed by atoms with Crippen LogP contribution in [0, 0.1) is 34.5 Å². The Bertz CT molecular complexity index is 2640. The minimum Gasteiger partial charge on any atom is -0.489 e. The summed E-state index contributed by atoms with van der Waals surface area (Å²) in [6.45, 7) is 17.1. The molecule has 372 valence electrons. The van der Waals surface area contributed by atoms with Gasteiger partial charge in [-0.15, -0.1) is 11.3 Å². The molecule has 0 unspecified atom stereocenters. The molecule has 4 N–H and O–H groups in total. The number of nitriles is 1. The van der Waals surface area contributed by atoms with E-state index in [-0.39, 0.29) is 61.7 Å². The van der Waals surface area contributed by atoms with E-state index in [1.807, 2.05) is 68.4 Å². The molecule has 3 heterocycles. The van der Waals surface area contributed by atoms with Crippen LogP contribution in [0.1, 0.15) is 137 Å². The lowest BCUT2D eigenvalue weighted by Gasteiger charge is -2.63. The van der Waals surface area contributed by atoms with Crippen molar-refractivity contribution in [2.45, 2.75) is 144 Å². The van der Waals surface area contributed by atoms with Gasteiger partial charge in [0.15, 0.2) is 0 Å². The third-order valence-corrected chi connectivity index (χ3v) is 15.5. The Morgan fingerprint density at radius 3 is 2.34 bits per heavy atom. The number of aromatic nitrogens is 1. The van der Waals surface area contributed by atoms with Gasteiger partial charge in [-0.3, -0.25) is 24.0 Å². The second-order valence-corrected chi connectivity index (χ2v) is 22.6. The first-order valence-corrected chi connectivity index (χ1v) is 25.5. The maximum atomic E-state index is 14.1. The molecule has 70 heavy (non-hydrogen) atoms. The summed E-state index contributed by atoms with van der Waals surface area (Å²) in [6, 6.07) is 18.3. The van der Waals surface area contributed by atoms with Gasteiger partial charge in [-0.25, -0.2) is 4.98 Å². The van der Waals surface area contributed by atoms with Gasteiger partial charge in [-0.2, -0.15) is 5.26 Å². The van der Waals surface area contributed by atoms with Crippen molar-refractivity contribution < 1.29 is 33.8 Å². The zero-order valence-corrected chi connectivity index (χ0v) is 43.1. The van der Waals surface area contributed by atoms with Crippen molar-refractivity contribution >= 4 is 52.5 Å². The average Bonchev–Trinajstić information content (AvgIpc) is 4.02. The van der Waals surface area contributed by atoms with Gasteiger partial charge >= 0.3 is 0 Å². The van der Waals surface area contributed by atoms with Crippen LogP contribution in [0.4, 0.5) is 0 Å². The van der Waals surface area contributed by atoms with Crippen LogP contribution in [0.5, 0.6) is 5.75 Å². The third-order valence-electron chi connectivity index (χ3n) is 14.2. The number of benzene rings is 3. The van der Waals surface area contributed by atoms with Crippen LogP contribution in [0.2, 0.25) is 5.02 Å². The predicted octanol–water partition coefficient (Wildman–Crippen LogP) is 8.36. The number of hydrogen-bond acceptors (Lipinski definition) is 10.